The molecule has 2 aromatic rings. The number of hydrogen-bond donors (Lipinski definition) is 1. The SMILES string of the molecule is C#C.COCC(N)c1cnc2ccccc2c1. The second kappa shape index (κ2) is 6.64. The lowest BCUT2D eigenvalue weighted by Crippen LogP contribution is -2.16. The zero-order valence-electron chi connectivity index (χ0n) is 9.84. The van der Waals surface area contributed by atoms with Crippen LogP contribution < -0.4 is 5.73 Å². The lowest BCUT2D eigenvalue weighted by Gasteiger charge is -2.10. The molecule has 1 heterocycles. The van der Waals surface area contributed by atoms with Gasteiger partial charge in [-0.15, -0.1) is 12.8 Å². The van der Waals surface area contributed by atoms with E-state index in [0.29, 0.717) is 6.61 Å². The summed E-state index contributed by atoms with van der Waals surface area (Å²) in [4.78, 5) is 4.35. The summed E-state index contributed by atoms with van der Waals surface area (Å²) in [5.41, 5.74) is 7.93. The topological polar surface area (TPSA) is 48.1 Å². The third-order valence-electron chi connectivity index (χ3n) is 2.39. The van der Waals surface area contributed by atoms with Crippen LogP contribution in [0.4, 0.5) is 0 Å². The Morgan fingerprint density at radius 2 is 2.06 bits per heavy atom. The number of ether oxygens (including phenoxy) is 1. The lowest BCUT2D eigenvalue weighted by atomic mass is 10.1. The summed E-state index contributed by atoms with van der Waals surface area (Å²) >= 11 is 0. The van der Waals surface area contributed by atoms with Gasteiger partial charge in [-0.1, -0.05) is 18.2 Å². The molecule has 1 atom stereocenters. The molecule has 1 aromatic heterocycles. The molecule has 3 nitrogen and oxygen atoms in total. The Bertz CT molecular complexity index is 494. The smallest absolute Gasteiger partial charge is 0.0702 e. The van der Waals surface area contributed by atoms with E-state index in [9.17, 15) is 0 Å². The molecule has 0 saturated heterocycles. The summed E-state index contributed by atoms with van der Waals surface area (Å²) in [7, 11) is 1.65. The van der Waals surface area contributed by atoms with Gasteiger partial charge >= 0.3 is 0 Å². The largest absolute Gasteiger partial charge is 0.383 e. The van der Waals surface area contributed by atoms with Gasteiger partial charge in [0.2, 0.25) is 0 Å². The highest BCUT2D eigenvalue weighted by atomic mass is 16.5. The molecule has 0 aliphatic carbocycles. The van der Waals surface area contributed by atoms with Crippen molar-refractivity contribution >= 4 is 10.9 Å². The van der Waals surface area contributed by atoms with Crippen molar-refractivity contribution < 1.29 is 4.74 Å². The molecule has 0 aliphatic rings. The van der Waals surface area contributed by atoms with Gasteiger partial charge in [0.25, 0.3) is 0 Å². The highest BCUT2D eigenvalue weighted by Crippen LogP contribution is 2.16. The third kappa shape index (κ3) is 3.28. The fourth-order valence-corrected chi connectivity index (χ4v) is 1.57. The lowest BCUT2D eigenvalue weighted by molar-refractivity contribution is 0.181. The normalized spacial score (nSPS) is 11.5. The van der Waals surface area contributed by atoms with Crippen LogP contribution in [-0.2, 0) is 4.74 Å². The standard InChI is InChI=1S/C12H14N2O.C2H2/c1-15-8-11(13)10-6-9-4-2-3-5-12(9)14-7-10;1-2/h2-7,11H,8,13H2,1H3;1-2H. The van der Waals surface area contributed by atoms with E-state index in [-0.39, 0.29) is 6.04 Å². The van der Waals surface area contributed by atoms with E-state index in [0.717, 1.165) is 16.5 Å². The number of para-hydroxylation sites is 1. The molecular weight excluding hydrogens is 212 g/mol. The number of nitrogens with zero attached hydrogens (tertiary/aromatic N) is 1. The Kier molecular flexibility index (Phi) is 5.15. The van der Waals surface area contributed by atoms with Crippen LogP contribution in [0.5, 0.6) is 0 Å². The van der Waals surface area contributed by atoms with Gasteiger partial charge in [-0.3, -0.25) is 4.98 Å². The quantitative estimate of drug-likeness (QED) is 0.819. The first-order valence-electron chi connectivity index (χ1n) is 5.24. The minimum absolute atomic E-state index is 0.105. The predicted octanol–water partition coefficient (Wildman–Crippen LogP) is 2.13. The average molecular weight is 228 g/mol. The molecule has 1 unspecified atom stereocenters. The van der Waals surface area contributed by atoms with Crippen molar-refractivity contribution in [2.24, 2.45) is 5.73 Å². The van der Waals surface area contributed by atoms with Crippen molar-refractivity contribution in [3.05, 3.63) is 42.1 Å². The van der Waals surface area contributed by atoms with Gasteiger partial charge in [0.05, 0.1) is 18.2 Å². The minimum atomic E-state index is -0.105. The van der Waals surface area contributed by atoms with Crippen molar-refractivity contribution in [2.75, 3.05) is 13.7 Å². The number of pyridine rings is 1. The summed E-state index contributed by atoms with van der Waals surface area (Å²) in [6.45, 7) is 0.514. The fourth-order valence-electron chi connectivity index (χ4n) is 1.57. The van der Waals surface area contributed by atoms with Gasteiger partial charge in [-0.05, 0) is 17.7 Å². The number of hydrogen-bond acceptors (Lipinski definition) is 3. The van der Waals surface area contributed by atoms with Crippen LogP contribution in [0.15, 0.2) is 36.5 Å². The summed E-state index contributed by atoms with van der Waals surface area (Å²) in [6.07, 6.45) is 9.81. The van der Waals surface area contributed by atoms with E-state index in [4.69, 9.17) is 10.5 Å². The summed E-state index contributed by atoms with van der Waals surface area (Å²) in [5, 5.41) is 1.11. The van der Waals surface area contributed by atoms with E-state index < -0.39 is 0 Å². The molecule has 1 aromatic carbocycles. The average Bonchev–Trinajstić information content (AvgIpc) is 2.41. The van der Waals surface area contributed by atoms with Gasteiger partial charge in [0, 0.05) is 18.7 Å². The van der Waals surface area contributed by atoms with E-state index in [1.54, 1.807) is 7.11 Å². The zero-order chi connectivity index (χ0) is 12.7. The Morgan fingerprint density at radius 1 is 1.35 bits per heavy atom. The van der Waals surface area contributed by atoms with Crippen LogP contribution in [0.25, 0.3) is 10.9 Å². The first-order valence-corrected chi connectivity index (χ1v) is 5.24. The first kappa shape index (κ1) is 13.2. The molecule has 0 aliphatic heterocycles. The molecule has 2 rings (SSSR count). The first-order chi connectivity index (χ1) is 8.31. The Hall–Kier alpha value is -1.89. The van der Waals surface area contributed by atoms with Gasteiger partial charge in [-0.25, -0.2) is 0 Å². The fraction of sp³-hybridized carbons (Fsp3) is 0.214. The highest BCUT2D eigenvalue weighted by molar-refractivity contribution is 5.78. The second-order valence-electron chi connectivity index (χ2n) is 3.52. The van der Waals surface area contributed by atoms with Crippen molar-refractivity contribution in [3.8, 4) is 12.8 Å². The second-order valence-corrected chi connectivity index (χ2v) is 3.52. The molecule has 0 spiro atoms. The van der Waals surface area contributed by atoms with Crippen molar-refractivity contribution in [1.29, 1.82) is 0 Å². The van der Waals surface area contributed by atoms with Crippen LogP contribution in [0.1, 0.15) is 11.6 Å². The Labute approximate surface area is 102 Å². The number of methoxy groups -OCH3 is 1. The highest BCUT2D eigenvalue weighted by Gasteiger charge is 2.06. The van der Waals surface area contributed by atoms with Crippen LogP contribution in [0, 0.1) is 12.8 Å². The van der Waals surface area contributed by atoms with Crippen molar-refractivity contribution in [2.45, 2.75) is 6.04 Å². The number of fused-ring (bicyclic) bond motifs is 1. The van der Waals surface area contributed by atoms with Crippen LogP contribution in [0.2, 0.25) is 0 Å². The van der Waals surface area contributed by atoms with E-state index in [2.05, 4.69) is 23.9 Å². The molecule has 2 N–H and O–H groups in total. The van der Waals surface area contributed by atoms with Crippen LogP contribution in [0.3, 0.4) is 0 Å². The molecule has 0 fully saturated rings. The van der Waals surface area contributed by atoms with Crippen LogP contribution in [-0.4, -0.2) is 18.7 Å². The van der Waals surface area contributed by atoms with Crippen LogP contribution >= 0.6 is 0 Å². The number of rotatable bonds is 3. The number of terminal acetylenes is 1. The number of aromatic nitrogens is 1. The van der Waals surface area contributed by atoms with Gasteiger partial charge in [0.1, 0.15) is 0 Å². The molecule has 0 amide bonds. The molecule has 17 heavy (non-hydrogen) atoms. The van der Waals surface area contributed by atoms with Gasteiger partial charge < -0.3 is 10.5 Å². The number of benzene rings is 1. The Morgan fingerprint density at radius 3 is 2.76 bits per heavy atom. The molecular formula is C14H16N2O. The molecule has 0 saturated carbocycles. The van der Waals surface area contributed by atoms with E-state index in [1.807, 2.05) is 30.5 Å². The Balaban J connectivity index is 0.000000686. The predicted molar refractivity (Wildman–Crippen MR) is 70.4 cm³/mol. The molecule has 0 bridgehead atoms. The maximum atomic E-state index is 5.93. The molecule has 3 heteroatoms. The van der Waals surface area contributed by atoms with E-state index >= 15 is 0 Å². The van der Waals surface area contributed by atoms with Crippen molar-refractivity contribution in [1.82, 2.24) is 4.98 Å². The molecule has 88 valence electrons. The molecule has 0 radical (unpaired) electrons. The maximum absolute atomic E-state index is 5.93. The summed E-state index contributed by atoms with van der Waals surface area (Å²) in [6, 6.07) is 9.95. The maximum Gasteiger partial charge on any atom is 0.0702 e. The van der Waals surface area contributed by atoms with Crippen molar-refractivity contribution in [3.63, 3.8) is 0 Å². The van der Waals surface area contributed by atoms with Gasteiger partial charge in [0.15, 0.2) is 0 Å². The minimum Gasteiger partial charge on any atom is -0.383 e. The monoisotopic (exact) mass is 228 g/mol. The number of nitrogens with two attached hydrogens (primary N) is 1. The summed E-state index contributed by atoms with van der Waals surface area (Å²) in [5.74, 6) is 0. The van der Waals surface area contributed by atoms with Gasteiger partial charge in [-0.2, -0.15) is 0 Å². The summed E-state index contributed by atoms with van der Waals surface area (Å²) < 4.78 is 5.02. The van der Waals surface area contributed by atoms with E-state index in [1.165, 1.54) is 0 Å². The zero-order valence-corrected chi connectivity index (χ0v) is 9.84. The third-order valence-corrected chi connectivity index (χ3v) is 2.39.